The molecule has 0 spiro atoms. The SMILES string of the molecule is CCOC(=O)c1cnn2c(N(Cc3ccc(Cl)cc3F)C(=O)OC(C)(C)C)cc(Cl)nc12. The average molecular weight is 483 g/mol. The second-order valence-corrected chi connectivity index (χ2v) is 8.58. The van der Waals surface area contributed by atoms with Crippen LogP contribution in [0.5, 0.6) is 0 Å². The van der Waals surface area contributed by atoms with Gasteiger partial charge in [0.25, 0.3) is 0 Å². The molecule has 0 aliphatic heterocycles. The molecule has 0 saturated heterocycles. The summed E-state index contributed by atoms with van der Waals surface area (Å²) in [5.41, 5.74) is -0.503. The molecular formula is C21H21Cl2FN4O4. The third-order valence-corrected chi connectivity index (χ3v) is 4.58. The van der Waals surface area contributed by atoms with E-state index in [0.29, 0.717) is 0 Å². The van der Waals surface area contributed by atoms with Crippen molar-refractivity contribution in [1.29, 1.82) is 0 Å². The minimum absolute atomic E-state index is 0.0105. The van der Waals surface area contributed by atoms with Crippen LogP contribution >= 0.6 is 23.2 Å². The predicted molar refractivity (Wildman–Crippen MR) is 118 cm³/mol. The number of aromatic nitrogens is 3. The molecule has 11 heteroatoms. The van der Waals surface area contributed by atoms with Crippen LogP contribution in [0.1, 0.15) is 43.6 Å². The molecule has 8 nitrogen and oxygen atoms in total. The summed E-state index contributed by atoms with van der Waals surface area (Å²) in [5, 5.41) is 4.38. The van der Waals surface area contributed by atoms with E-state index in [4.69, 9.17) is 32.7 Å². The van der Waals surface area contributed by atoms with Gasteiger partial charge in [-0.05, 0) is 39.8 Å². The highest BCUT2D eigenvalue weighted by molar-refractivity contribution is 6.30. The number of esters is 1. The third-order valence-electron chi connectivity index (χ3n) is 4.15. The van der Waals surface area contributed by atoms with Crippen molar-refractivity contribution in [3.8, 4) is 0 Å². The standard InChI is InChI=1S/C21H21Cl2FN4O4/c1-5-31-19(29)14-10-25-28-17(9-16(23)26-18(14)28)27(20(30)32-21(2,3)4)11-12-6-7-13(22)8-15(12)24/h6-10H,5,11H2,1-4H3. The molecule has 2 aromatic heterocycles. The number of hydrogen-bond donors (Lipinski definition) is 0. The molecule has 0 aliphatic carbocycles. The lowest BCUT2D eigenvalue weighted by molar-refractivity contribution is 0.0526. The number of amides is 1. The highest BCUT2D eigenvalue weighted by Crippen LogP contribution is 2.27. The molecule has 2 heterocycles. The quantitative estimate of drug-likeness (QED) is 0.362. The molecule has 0 aliphatic rings. The van der Waals surface area contributed by atoms with E-state index in [2.05, 4.69) is 10.1 Å². The van der Waals surface area contributed by atoms with Gasteiger partial charge in [0.15, 0.2) is 5.65 Å². The van der Waals surface area contributed by atoms with Gasteiger partial charge >= 0.3 is 12.1 Å². The molecule has 1 amide bonds. The van der Waals surface area contributed by atoms with Crippen molar-refractivity contribution in [3.05, 3.63) is 57.6 Å². The van der Waals surface area contributed by atoms with E-state index < -0.39 is 23.5 Å². The first kappa shape index (κ1) is 23.7. The first-order valence-corrected chi connectivity index (χ1v) is 10.4. The lowest BCUT2D eigenvalue weighted by Crippen LogP contribution is -2.38. The first-order valence-electron chi connectivity index (χ1n) is 9.66. The summed E-state index contributed by atoms with van der Waals surface area (Å²) < 4.78 is 26.3. The van der Waals surface area contributed by atoms with Gasteiger partial charge in [-0.2, -0.15) is 9.61 Å². The van der Waals surface area contributed by atoms with Crippen LogP contribution in [0.4, 0.5) is 15.0 Å². The number of hydrogen-bond acceptors (Lipinski definition) is 6. The molecule has 3 aromatic rings. The van der Waals surface area contributed by atoms with Crippen LogP contribution in [0.25, 0.3) is 5.65 Å². The molecule has 32 heavy (non-hydrogen) atoms. The molecule has 3 rings (SSSR count). The predicted octanol–water partition coefficient (Wildman–Crippen LogP) is 5.29. The molecule has 0 N–H and O–H groups in total. The van der Waals surface area contributed by atoms with Crippen molar-refractivity contribution in [2.75, 3.05) is 11.5 Å². The molecule has 1 aromatic carbocycles. The van der Waals surface area contributed by atoms with Gasteiger partial charge in [-0.25, -0.2) is 19.0 Å². The van der Waals surface area contributed by atoms with Gasteiger partial charge in [0, 0.05) is 16.7 Å². The molecular weight excluding hydrogens is 462 g/mol. The summed E-state index contributed by atoms with van der Waals surface area (Å²) in [6.07, 6.45) is 0.486. The Hall–Kier alpha value is -2.91. The van der Waals surface area contributed by atoms with E-state index in [0.717, 1.165) is 11.0 Å². The first-order chi connectivity index (χ1) is 15.0. The summed E-state index contributed by atoms with van der Waals surface area (Å²) in [7, 11) is 0. The van der Waals surface area contributed by atoms with E-state index >= 15 is 0 Å². The minimum atomic E-state index is -0.829. The van der Waals surface area contributed by atoms with Crippen molar-refractivity contribution in [3.63, 3.8) is 0 Å². The number of halogens is 3. The van der Waals surface area contributed by atoms with Gasteiger partial charge < -0.3 is 9.47 Å². The Bertz CT molecular complexity index is 1180. The van der Waals surface area contributed by atoms with Crippen molar-refractivity contribution >= 4 is 46.7 Å². The Labute approximate surface area is 193 Å². The maximum absolute atomic E-state index is 14.5. The van der Waals surface area contributed by atoms with Crippen LogP contribution in [0, 0.1) is 5.82 Å². The Morgan fingerprint density at radius 1 is 1.22 bits per heavy atom. The average Bonchev–Trinajstić information content (AvgIpc) is 3.09. The van der Waals surface area contributed by atoms with Crippen LogP contribution in [0.15, 0.2) is 30.5 Å². The Morgan fingerprint density at radius 3 is 2.56 bits per heavy atom. The largest absolute Gasteiger partial charge is 0.462 e. The second kappa shape index (κ2) is 9.30. The topological polar surface area (TPSA) is 86.0 Å². The van der Waals surface area contributed by atoms with E-state index in [9.17, 15) is 14.0 Å². The summed E-state index contributed by atoms with van der Waals surface area (Å²) in [6.45, 7) is 6.71. The van der Waals surface area contributed by atoms with Gasteiger partial charge in [0.05, 0.1) is 19.3 Å². The molecule has 170 valence electrons. The fourth-order valence-corrected chi connectivity index (χ4v) is 3.18. The van der Waals surface area contributed by atoms with Crippen LogP contribution in [-0.2, 0) is 16.0 Å². The van der Waals surface area contributed by atoms with Gasteiger partial charge in [-0.15, -0.1) is 0 Å². The summed E-state index contributed by atoms with van der Waals surface area (Å²) in [4.78, 5) is 30.7. The molecule has 0 unspecified atom stereocenters. The van der Waals surface area contributed by atoms with Crippen LogP contribution in [0.2, 0.25) is 10.2 Å². The summed E-state index contributed by atoms with van der Waals surface area (Å²) in [6, 6.07) is 5.48. The van der Waals surface area contributed by atoms with E-state index in [1.54, 1.807) is 27.7 Å². The zero-order valence-corrected chi connectivity index (χ0v) is 19.4. The highest BCUT2D eigenvalue weighted by Gasteiger charge is 2.28. The molecule has 0 bridgehead atoms. The lowest BCUT2D eigenvalue weighted by Gasteiger charge is -2.27. The zero-order chi connectivity index (χ0) is 23.6. The second-order valence-electron chi connectivity index (χ2n) is 7.75. The molecule has 0 radical (unpaired) electrons. The third kappa shape index (κ3) is 5.28. The minimum Gasteiger partial charge on any atom is -0.462 e. The molecule has 0 fully saturated rings. The maximum Gasteiger partial charge on any atom is 0.416 e. The van der Waals surface area contributed by atoms with Gasteiger partial charge in [-0.3, -0.25) is 4.90 Å². The number of carbonyl (C=O) groups excluding carboxylic acids is 2. The number of benzene rings is 1. The van der Waals surface area contributed by atoms with E-state index in [-0.39, 0.29) is 45.9 Å². The van der Waals surface area contributed by atoms with Crippen LogP contribution in [-0.4, -0.2) is 38.9 Å². The Balaban J connectivity index is 2.15. The van der Waals surface area contributed by atoms with Crippen molar-refractivity contribution < 1.29 is 23.5 Å². The van der Waals surface area contributed by atoms with Crippen molar-refractivity contribution in [2.24, 2.45) is 0 Å². The van der Waals surface area contributed by atoms with Crippen molar-refractivity contribution in [1.82, 2.24) is 14.6 Å². The fraction of sp³-hybridized carbons (Fsp3) is 0.333. The number of fused-ring (bicyclic) bond motifs is 1. The Morgan fingerprint density at radius 2 is 1.94 bits per heavy atom. The fourth-order valence-electron chi connectivity index (χ4n) is 2.84. The monoisotopic (exact) mass is 482 g/mol. The smallest absolute Gasteiger partial charge is 0.416 e. The molecule has 0 saturated carbocycles. The van der Waals surface area contributed by atoms with Gasteiger partial charge in [0.2, 0.25) is 0 Å². The van der Waals surface area contributed by atoms with Gasteiger partial charge in [0.1, 0.15) is 28.0 Å². The Kier molecular flexibility index (Phi) is 6.90. The lowest BCUT2D eigenvalue weighted by atomic mass is 10.2. The number of carbonyl (C=O) groups is 2. The van der Waals surface area contributed by atoms with Gasteiger partial charge in [-0.1, -0.05) is 29.3 Å². The van der Waals surface area contributed by atoms with Crippen molar-refractivity contribution in [2.45, 2.75) is 39.8 Å². The van der Waals surface area contributed by atoms with Crippen LogP contribution < -0.4 is 4.90 Å². The normalized spacial score (nSPS) is 11.5. The highest BCUT2D eigenvalue weighted by atomic mass is 35.5. The summed E-state index contributed by atoms with van der Waals surface area (Å²) in [5.74, 6) is -1.12. The van der Waals surface area contributed by atoms with E-state index in [1.165, 1.54) is 28.9 Å². The van der Waals surface area contributed by atoms with Crippen LogP contribution in [0.3, 0.4) is 0 Å². The zero-order valence-electron chi connectivity index (χ0n) is 17.9. The number of ether oxygens (including phenoxy) is 2. The number of anilines is 1. The van der Waals surface area contributed by atoms with E-state index in [1.807, 2.05) is 0 Å². The summed E-state index contributed by atoms with van der Waals surface area (Å²) >= 11 is 12.0. The molecule has 0 atom stereocenters. The number of nitrogens with zero attached hydrogens (tertiary/aromatic N) is 4. The maximum atomic E-state index is 14.5. The number of rotatable bonds is 5.